The van der Waals surface area contributed by atoms with Crippen molar-refractivity contribution in [2.45, 2.75) is 44.9 Å². The van der Waals surface area contributed by atoms with E-state index in [4.69, 9.17) is 4.52 Å². The van der Waals surface area contributed by atoms with E-state index in [1.54, 1.807) is 6.92 Å². The highest BCUT2D eigenvalue weighted by Crippen LogP contribution is 2.23. The molecule has 1 aliphatic heterocycles. The second-order valence-electron chi connectivity index (χ2n) is 5.08. The molecule has 2 heterocycles. The summed E-state index contributed by atoms with van der Waals surface area (Å²) >= 11 is 1.93. The lowest BCUT2D eigenvalue weighted by molar-refractivity contribution is 0.180. The SMILES string of the molecule is Cc1noc(CCCNC(=O)N2CCS[C@H](C)[C@@H]2C)n1. The minimum absolute atomic E-state index is 0.0337. The first kappa shape index (κ1) is 15.2. The largest absolute Gasteiger partial charge is 0.339 e. The number of aryl methyl sites for hydroxylation is 2. The molecule has 6 nitrogen and oxygen atoms in total. The van der Waals surface area contributed by atoms with Gasteiger partial charge in [-0.25, -0.2) is 4.79 Å². The van der Waals surface area contributed by atoms with Gasteiger partial charge in [0.05, 0.1) is 0 Å². The van der Waals surface area contributed by atoms with Gasteiger partial charge < -0.3 is 14.7 Å². The van der Waals surface area contributed by atoms with E-state index in [1.165, 1.54) is 0 Å². The van der Waals surface area contributed by atoms with Crippen LogP contribution in [0.25, 0.3) is 0 Å². The Morgan fingerprint density at radius 3 is 3.05 bits per heavy atom. The number of carbonyl (C=O) groups excluding carboxylic acids is 1. The summed E-state index contributed by atoms with van der Waals surface area (Å²) in [5.74, 6) is 2.30. The lowest BCUT2D eigenvalue weighted by Gasteiger charge is -2.37. The third kappa shape index (κ3) is 3.88. The molecule has 0 spiro atoms. The van der Waals surface area contributed by atoms with Gasteiger partial charge in [0, 0.05) is 36.6 Å². The predicted molar refractivity (Wildman–Crippen MR) is 78.8 cm³/mol. The Kier molecular flexibility index (Phi) is 5.28. The van der Waals surface area contributed by atoms with Crippen molar-refractivity contribution >= 4 is 17.8 Å². The molecule has 0 radical (unpaired) electrons. The second-order valence-corrected chi connectivity index (χ2v) is 6.57. The van der Waals surface area contributed by atoms with E-state index in [0.29, 0.717) is 29.9 Å². The van der Waals surface area contributed by atoms with Crippen molar-refractivity contribution in [1.29, 1.82) is 0 Å². The smallest absolute Gasteiger partial charge is 0.317 e. The maximum Gasteiger partial charge on any atom is 0.317 e. The lowest BCUT2D eigenvalue weighted by Crippen LogP contribution is -2.52. The molecular weight excluding hydrogens is 276 g/mol. The summed E-state index contributed by atoms with van der Waals surface area (Å²) in [6, 6.07) is 0.318. The Balaban J connectivity index is 1.69. The van der Waals surface area contributed by atoms with Crippen LogP contribution >= 0.6 is 11.8 Å². The number of thioether (sulfide) groups is 1. The number of hydrogen-bond donors (Lipinski definition) is 1. The third-order valence-electron chi connectivity index (χ3n) is 3.56. The molecule has 112 valence electrons. The van der Waals surface area contributed by atoms with Gasteiger partial charge in [0.1, 0.15) is 0 Å². The van der Waals surface area contributed by atoms with Crippen LogP contribution in [0.1, 0.15) is 32.0 Å². The Morgan fingerprint density at radius 2 is 2.35 bits per heavy atom. The predicted octanol–water partition coefficient (Wildman–Crippen LogP) is 1.85. The maximum absolute atomic E-state index is 12.1. The van der Waals surface area contributed by atoms with Gasteiger partial charge in [-0.05, 0) is 20.3 Å². The topological polar surface area (TPSA) is 71.3 Å². The summed E-state index contributed by atoms with van der Waals surface area (Å²) in [7, 11) is 0. The van der Waals surface area contributed by atoms with Crippen LogP contribution in [0.4, 0.5) is 4.79 Å². The van der Waals surface area contributed by atoms with Crippen LogP contribution in [0.5, 0.6) is 0 Å². The number of carbonyl (C=O) groups is 1. The fourth-order valence-electron chi connectivity index (χ4n) is 2.20. The monoisotopic (exact) mass is 298 g/mol. The molecule has 1 saturated heterocycles. The van der Waals surface area contributed by atoms with Crippen molar-refractivity contribution in [3.05, 3.63) is 11.7 Å². The molecule has 1 aromatic rings. The first-order chi connectivity index (χ1) is 9.58. The molecule has 7 heteroatoms. The number of nitrogens with zero attached hydrogens (tertiary/aromatic N) is 3. The van der Waals surface area contributed by atoms with Gasteiger partial charge in [0.15, 0.2) is 5.82 Å². The summed E-state index contributed by atoms with van der Waals surface area (Å²) in [6.07, 6.45) is 1.50. The first-order valence-electron chi connectivity index (χ1n) is 7.03. The fraction of sp³-hybridized carbons (Fsp3) is 0.769. The average Bonchev–Trinajstić information content (AvgIpc) is 2.83. The average molecular weight is 298 g/mol. The molecule has 0 aliphatic carbocycles. The number of rotatable bonds is 4. The van der Waals surface area contributed by atoms with Crippen LogP contribution in [0.2, 0.25) is 0 Å². The molecule has 0 aromatic carbocycles. The van der Waals surface area contributed by atoms with Crippen molar-refractivity contribution in [2.75, 3.05) is 18.8 Å². The fourth-order valence-corrected chi connectivity index (χ4v) is 3.30. The summed E-state index contributed by atoms with van der Waals surface area (Å²) in [5.41, 5.74) is 0. The summed E-state index contributed by atoms with van der Waals surface area (Å²) < 4.78 is 5.03. The van der Waals surface area contributed by atoms with Crippen molar-refractivity contribution < 1.29 is 9.32 Å². The molecule has 1 N–H and O–H groups in total. The standard InChI is InChI=1S/C13H22N4O2S/c1-9-10(2)20-8-7-17(9)13(18)14-6-4-5-12-15-11(3)16-19-12/h9-10H,4-8H2,1-3H3,(H,14,18)/t9-,10+/m0/s1. The quantitative estimate of drug-likeness (QED) is 0.859. The second kappa shape index (κ2) is 6.97. The Morgan fingerprint density at radius 1 is 1.55 bits per heavy atom. The van der Waals surface area contributed by atoms with Crippen molar-refractivity contribution in [3.63, 3.8) is 0 Å². The van der Waals surface area contributed by atoms with Gasteiger partial charge in [0.25, 0.3) is 0 Å². The highest BCUT2D eigenvalue weighted by molar-refractivity contribution is 8.00. The molecule has 0 unspecified atom stereocenters. The van der Waals surface area contributed by atoms with Gasteiger partial charge in [-0.3, -0.25) is 0 Å². The van der Waals surface area contributed by atoms with Crippen molar-refractivity contribution in [1.82, 2.24) is 20.4 Å². The molecule has 0 saturated carbocycles. The Labute approximate surface area is 123 Å². The van der Waals surface area contributed by atoms with Crippen LogP contribution in [0.3, 0.4) is 0 Å². The zero-order chi connectivity index (χ0) is 14.5. The zero-order valence-corrected chi connectivity index (χ0v) is 13.1. The lowest BCUT2D eigenvalue weighted by atomic mass is 10.2. The number of urea groups is 1. The van der Waals surface area contributed by atoms with Crippen LogP contribution in [-0.2, 0) is 6.42 Å². The molecule has 0 bridgehead atoms. The molecule has 1 fully saturated rings. The van der Waals surface area contributed by atoms with Gasteiger partial charge in [0.2, 0.25) is 5.89 Å². The maximum atomic E-state index is 12.1. The van der Waals surface area contributed by atoms with E-state index in [0.717, 1.165) is 18.7 Å². The van der Waals surface area contributed by atoms with E-state index in [2.05, 4.69) is 29.3 Å². The Bertz CT molecular complexity index is 451. The molecule has 2 rings (SSSR count). The third-order valence-corrected chi connectivity index (χ3v) is 4.90. The minimum Gasteiger partial charge on any atom is -0.339 e. The zero-order valence-electron chi connectivity index (χ0n) is 12.3. The van der Waals surface area contributed by atoms with Gasteiger partial charge in [-0.2, -0.15) is 16.7 Å². The van der Waals surface area contributed by atoms with Crippen molar-refractivity contribution in [3.8, 4) is 0 Å². The van der Waals surface area contributed by atoms with Crippen LogP contribution < -0.4 is 5.32 Å². The summed E-state index contributed by atoms with van der Waals surface area (Å²) in [4.78, 5) is 18.2. The van der Waals surface area contributed by atoms with E-state index in [9.17, 15) is 4.79 Å². The molecule has 1 aliphatic rings. The van der Waals surface area contributed by atoms with E-state index >= 15 is 0 Å². The van der Waals surface area contributed by atoms with E-state index in [1.807, 2.05) is 16.7 Å². The van der Waals surface area contributed by atoms with Gasteiger partial charge in [-0.1, -0.05) is 12.1 Å². The van der Waals surface area contributed by atoms with E-state index in [-0.39, 0.29) is 12.1 Å². The van der Waals surface area contributed by atoms with Crippen LogP contribution in [0, 0.1) is 6.92 Å². The summed E-state index contributed by atoms with van der Waals surface area (Å²) in [6.45, 7) is 7.53. The normalized spacial score (nSPS) is 22.9. The summed E-state index contributed by atoms with van der Waals surface area (Å²) in [5, 5.41) is 7.20. The van der Waals surface area contributed by atoms with Crippen molar-refractivity contribution in [2.24, 2.45) is 0 Å². The number of hydrogen-bond acceptors (Lipinski definition) is 5. The number of nitrogens with one attached hydrogen (secondary N) is 1. The Hall–Kier alpha value is -1.24. The number of amides is 2. The molecule has 2 atom stereocenters. The van der Waals surface area contributed by atoms with Crippen LogP contribution in [0.15, 0.2) is 4.52 Å². The first-order valence-corrected chi connectivity index (χ1v) is 8.08. The van der Waals surface area contributed by atoms with Gasteiger partial charge >= 0.3 is 6.03 Å². The highest BCUT2D eigenvalue weighted by atomic mass is 32.2. The highest BCUT2D eigenvalue weighted by Gasteiger charge is 2.28. The van der Waals surface area contributed by atoms with E-state index < -0.39 is 0 Å². The molecule has 2 amide bonds. The molecule has 20 heavy (non-hydrogen) atoms. The van der Waals surface area contributed by atoms with Crippen LogP contribution in [-0.4, -0.2) is 51.2 Å². The molecule has 1 aromatic heterocycles. The van der Waals surface area contributed by atoms with Gasteiger partial charge in [-0.15, -0.1) is 0 Å². The number of aromatic nitrogens is 2. The molecular formula is C13H22N4O2S. The minimum atomic E-state index is 0.0337.